The summed E-state index contributed by atoms with van der Waals surface area (Å²) in [5.41, 5.74) is 2.07. The molecule has 148 valence electrons. The van der Waals surface area contributed by atoms with Crippen LogP contribution in [0.4, 0.5) is 5.69 Å². The Kier molecular flexibility index (Phi) is 9.74. The molecule has 1 aliphatic heterocycles. The average Bonchev–Trinajstić information content (AvgIpc) is 2.80. The van der Waals surface area contributed by atoms with Crippen LogP contribution in [0, 0.1) is 0 Å². The second-order valence-corrected chi connectivity index (χ2v) is 5.90. The standard InChI is InChI=1S/C15H23N3O.C4H4O4/c1-3-17(4-2)11-12-18-14-8-6-10-16-13(14)7-5-9-15(18)19;5-3(6)1-2-4(7)8/h6,8,10H,3-5,7,9,11-12H2,1-2H3;1-2H,(H,5,6)(H,7,8)/b;2-1+. The van der Waals surface area contributed by atoms with Gasteiger partial charge in [0.2, 0.25) is 5.91 Å². The molecule has 0 radical (unpaired) electrons. The summed E-state index contributed by atoms with van der Waals surface area (Å²) in [6.07, 6.45) is 5.38. The van der Waals surface area contributed by atoms with Crippen molar-refractivity contribution in [2.45, 2.75) is 33.1 Å². The van der Waals surface area contributed by atoms with Crippen LogP contribution < -0.4 is 4.90 Å². The van der Waals surface area contributed by atoms with Crippen molar-refractivity contribution in [2.75, 3.05) is 31.1 Å². The highest BCUT2D eigenvalue weighted by molar-refractivity contribution is 5.94. The van der Waals surface area contributed by atoms with Crippen LogP contribution in [0.1, 0.15) is 32.4 Å². The molecule has 0 aromatic carbocycles. The topological polar surface area (TPSA) is 111 Å². The van der Waals surface area contributed by atoms with Crippen LogP contribution in [-0.4, -0.2) is 64.1 Å². The molecule has 2 heterocycles. The van der Waals surface area contributed by atoms with Gasteiger partial charge in [0, 0.05) is 37.9 Å². The van der Waals surface area contributed by atoms with Crippen molar-refractivity contribution in [3.63, 3.8) is 0 Å². The number of likely N-dealkylation sites (N-methyl/N-ethyl adjacent to an activating group) is 1. The van der Waals surface area contributed by atoms with E-state index >= 15 is 0 Å². The number of pyridine rings is 1. The number of aliphatic carboxylic acids is 2. The first-order chi connectivity index (χ1) is 12.9. The Labute approximate surface area is 159 Å². The first-order valence-corrected chi connectivity index (χ1v) is 8.99. The van der Waals surface area contributed by atoms with Crippen molar-refractivity contribution >= 4 is 23.5 Å². The maximum Gasteiger partial charge on any atom is 0.328 e. The Morgan fingerprint density at radius 2 is 1.81 bits per heavy atom. The summed E-state index contributed by atoms with van der Waals surface area (Å²) in [7, 11) is 0. The van der Waals surface area contributed by atoms with Gasteiger partial charge in [0.15, 0.2) is 0 Å². The number of aryl methyl sites for hydroxylation is 1. The highest BCUT2D eigenvalue weighted by Gasteiger charge is 2.22. The highest BCUT2D eigenvalue weighted by Crippen LogP contribution is 2.24. The maximum atomic E-state index is 12.2. The third kappa shape index (κ3) is 8.00. The number of hydrogen-bond acceptors (Lipinski definition) is 5. The number of anilines is 1. The molecular formula is C19H27N3O5. The quantitative estimate of drug-likeness (QED) is 0.697. The Morgan fingerprint density at radius 1 is 1.19 bits per heavy atom. The van der Waals surface area contributed by atoms with Gasteiger partial charge in [-0.3, -0.25) is 9.78 Å². The first kappa shape index (κ1) is 22.3. The minimum absolute atomic E-state index is 0.235. The third-order valence-corrected chi connectivity index (χ3v) is 4.17. The summed E-state index contributed by atoms with van der Waals surface area (Å²) in [4.78, 5) is 40.0. The fourth-order valence-corrected chi connectivity index (χ4v) is 2.71. The number of carbonyl (C=O) groups excluding carboxylic acids is 1. The Morgan fingerprint density at radius 3 is 2.37 bits per heavy atom. The maximum absolute atomic E-state index is 12.2. The van der Waals surface area contributed by atoms with Crippen molar-refractivity contribution in [2.24, 2.45) is 0 Å². The van der Waals surface area contributed by atoms with Gasteiger partial charge in [-0.05, 0) is 38.1 Å². The molecule has 0 atom stereocenters. The lowest BCUT2D eigenvalue weighted by Gasteiger charge is -2.26. The van der Waals surface area contributed by atoms with Crippen LogP contribution in [0.25, 0.3) is 0 Å². The highest BCUT2D eigenvalue weighted by atomic mass is 16.4. The lowest BCUT2D eigenvalue weighted by molar-refractivity contribution is -0.134. The van der Waals surface area contributed by atoms with Gasteiger partial charge >= 0.3 is 11.9 Å². The predicted molar refractivity (Wildman–Crippen MR) is 102 cm³/mol. The van der Waals surface area contributed by atoms with Gasteiger partial charge in [0.05, 0.1) is 11.4 Å². The van der Waals surface area contributed by atoms with E-state index in [-0.39, 0.29) is 5.91 Å². The summed E-state index contributed by atoms with van der Waals surface area (Å²) in [6.45, 7) is 8.05. The molecule has 1 aliphatic rings. The van der Waals surface area contributed by atoms with Crippen molar-refractivity contribution in [3.05, 3.63) is 36.2 Å². The van der Waals surface area contributed by atoms with Gasteiger partial charge in [-0.25, -0.2) is 9.59 Å². The van der Waals surface area contributed by atoms with E-state index < -0.39 is 11.9 Å². The molecule has 1 aromatic heterocycles. The minimum atomic E-state index is -1.26. The Bertz CT molecular complexity index is 655. The molecule has 0 saturated heterocycles. The molecule has 2 N–H and O–H groups in total. The molecule has 0 bridgehead atoms. The number of carboxylic acids is 2. The van der Waals surface area contributed by atoms with Crippen molar-refractivity contribution in [1.29, 1.82) is 0 Å². The fourth-order valence-electron chi connectivity index (χ4n) is 2.71. The second-order valence-electron chi connectivity index (χ2n) is 5.90. The molecule has 27 heavy (non-hydrogen) atoms. The van der Waals surface area contributed by atoms with Crippen molar-refractivity contribution < 1.29 is 24.6 Å². The monoisotopic (exact) mass is 377 g/mol. The number of fused-ring (bicyclic) bond motifs is 1. The summed E-state index contributed by atoms with van der Waals surface area (Å²) in [5.74, 6) is -2.28. The SMILES string of the molecule is CCN(CC)CCN1C(=O)CCCc2ncccc21.O=C(O)/C=C/C(=O)O. The van der Waals surface area contributed by atoms with Gasteiger partial charge < -0.3 is 20.0 Å². The van der Waals surface area contributed by atoms with E-state index in [0.717, 1.165) is 50.4 Å². The Balaban J connectivity index is 0.000000387. The van der Waals surface area contributed by atoms with E-state index in [9.17, 15) is 14.4 Å². The summed E-state index contributed by atoms with van der Waals surface area (Å²) < 4.78 is 0. The number of rotatable bonds is 7. The van der Waals surface area contributed by atoms with E-state index in [1.54, 1.807) is 0 Å². The number of carbonyl (C=O) groups is 3. The average molecular weight is 377 g/mol. The molecule has 0 fully saturated rings. The molecule has 8 nitrogen and oxygen atoms in total. The summed E-state index contributed by atoms with van der Waals surface area (Å²) in [6, 6.07) is 3.94. The molecule has 2 rings (SSSR count). The van der Waals surface area contributed by atoms with Crippen LogP contribution >= 0.6 is 0 Å². The number of nitrogens with zero attached hydrogens (tertiary/aromatic N) is 3. The summed E-state index contributed by atoms with van der Waals surface area (Å²) >= 11 is 0. The first-order valence-electron chi connectivity index (χ1n) is 8.99. The van der Waals surface area contributed by atoms with E-state index in [1.165, 1.54) is 0 Å². The smallest absolute Gasteiger partial charge is 0.328 e. The predicted octanol–water partition coefficient (Wildman–Crippen LogP) is 1.80. The third-order valence-electron chi connectivity index (χ3n) is 4.17. The number of aromatic nitrogens is 1. The molecule has 0 aliphatic carbocycles. The second kappa shape index (κ2) is 11.8. The Hall–Kier alpha value is -2.74. The van der Waals surface area contributed by atoms with Crippen molar-refractivity contribution in [3.8, 4) is 0 Å². The number of hydrogen-bond donors (Lipinski definition) is 2. The zero-order chi connectivity index (χ0) is 20.2. The molecule has 1 aromatic rings. The van der Waals surface area contributed by atoms with E-state index in [2.05, 4.69) is 23.7 Å². The van der Waals surface area contributed by atoms with Crippen LogP contribution in [0.3, 0.4) is 0 Å². The van der Waals surface area contributed by atoms with Gasteiger partial charge in [-0.1, -0.05) is 13.8 Å². The van der Waals surface area contributed by atoms with Crippen LogP contribution in [0.5, 0.6) is 0 Å². The van der Waals surface area contributed by atoms with Crippen LogP contribution in [0.15, 0.2) is 30.5 Å². The molecule has 0 unspecified atom stereocenters. The molecule has 0 spiro atoms. The van der Waals surface area contributed by atoms with Crippen LogP contribution in [-0.2, 0) is 20.8 Å². The number of carboxylic acid groups (broad SMARTS) is 2. The van der Waals surface area contributed by atoms with E-state index in [1.807, 2.05) is 23.2 Å². The zero-order valence-electron chi connectivity index (χ0n) is 15.8. The van der Waals surface area contributed by atoms with Gasteiger partial charge in [-0.15, -0.1) is 0 Å². The molecular weight excluding hydrogens is 350 g/mol. The van der Waals surface area contributed by atoms with Gasteiger partial charge in [0.1, 0.15) is 0 Å². The van der Waals surface area contributed by atoms with Crippen LogP contribution in [0.2, 0.25) is 0 Å². The van der Waals surface area contributed by atoms with Gasteiger partial charge in [0.25, 0.3) is 0 Å². The lowest BCUT2D eigenvalue weighted by atomic mass is 10.2. The minimum Gasteiger partial charge on any atom is -0.478 e. The molecule has 8 heteroatoms. The van der Waals surface area contributed by atoms with Crippen molar-refractivity contribution in [1.82, 2.24) is 9.88 Å². The zero-order valence-corrected chi connectivity index (χ0v) is 15.8. The van der Waals surface area contributed by atoms with Gasteiger partial charge in [-0.2, -0.15) is 0 Å². The lowest BCUT2D eigenvalue weighted by Crippen LogP contribution is -2.38. The fraction of sp³-hybridized carbons (Fsp3) is 0.474. The molecule has 1 amide bonds. The molecule has 0 saturated carbocycles. The van der Waals surface area contributed by atoms with E-state index in [4.69, 9.17) is 10.2 Å². The summed E-state index contributed by atoms with van der Waals surface area (Å²) in [5, 5.41) is 15.6. The largest absolute Gasteiger partial charge is 0.478 e. The van der Waals surface area contributed by atoms with E-state index in [0.29, 0.717) is 18.6 Å². The number of amides is 1. The normalized spacial score (nSPS) is 13.7.